The lowest BCUT2D eigenvalue weighted by molar-refractivity contribution is -0.138. The van der Waals surface area contributed by atoms with Gasteiger partial charge in [-0.2, -0.15) is 0 Å². The van der Waals surface area contributed by atoms with Crippen molar-refractivity contribution in [1.82, 2.24) is 4.90 Å². The van der Waals surface area contributed by atoms with E-state index in [-0.39, 0.29) is 12.6 Å². The minimum atomic E-state index is -0.822. The van der Waals surface area contributed by atoms with E-state index in [0.29, 0.717) is 6.54 Å². The van der Waals surface area contributed by atoms with E-state index < -0.39 is 5.97 Å². The Balaban J connectivity index is 2.93. The molecule has 18 heavy (non-hydrogen) atoms. The third kappa shape index (κ3) is 3.99. The van der Waals surface area contributed by atoms with Crippen molar-refractivity contribution in [2.45, 2.75) is 26.4 Å². The molecule has 0 radical (unpaired) electrons. The molecule has 0 aliphatic heterocycles. The highest BCUT2D eigenvalue weighted by atomic mass is 79.9. The fraction of sp³-hybridized carbons (Fsp3) is 0.462. The summed E-state index contributed by atoms with van der Waals surface area (Å²) in [5.74, 6) is -0.0637. The van der Waals surface area contributed by atoms with Crippen LogP contribution in [0.3, 0.4) is 0 Å². The van der Waals surface area contributed by atoms with E-state index in [0.717, 1.165) is 15.8 Å². The topological polar surface area (TPSA) is 49.8 Å². The highest BCUT2D eigenvalue weighted by Gasteiger charge is 2.16. The molecule has 0 bridgehead atoms. The maximum atomic E-state index is 10.8. The van der Waals surface area contributed by atoms with Gasteiger partial charge in [-0.15, -0.1) is 0 Å². The van der Waals surface area contributed by atoms with Crippen molar-refractivity contribution in [1.29, 1.82) is 0 Å². The third-order valence-electron chi connectivity index (χ3n) is 2.69. The number of carboxylic acids is 1. The molecule has 5 heteroatoms. The first kappa shape index (κ1) is 15.0. The summed E-state index contributed by atoms with van der Waals surface area (Å²) in [5.41, 5.74) is 0.974. The van der Waals surface area contributed by atoms with Crippen LogP contribution in [-0.2, 0) is 11.3 Å². The number of methoxy groups -OCH3 is 1. The molecule has 0 atom stereocenters. The van der Waals surface area contributed by atoms with Crippen LogP contribution in [0.15, 0.2) is 22.7 Å². The Morgan fingerprint density at radius 3 is 2.67 bits per heavy atom. The van der Waals surface area contributed by atoms with E-state index in [1.54, 1.807) is 7.11 Å². The minimum Gasteiger partial charge on any atom is -0.495 e. The van der Waals surface area contributed by atoms with Crippen LogP contribution >= 0.6 is 15.9 Å². The van der Waals surface area contributed by atoms with Crippen molar-refractivity contribution in [3.63, 3.8) is 0 Å². The normalized spacial score (nSPS) is 11.0. The van der Waals surface area contributed by atoms with Crippen LogP contribution in [0.2, 0.25) is 0 Å². The molecule has 4 nitrogen and oxygen atoms in total. The van der Waals surface area contributed by atoms with Gasteiger partial charge in [-0.3, -0.25) is 9.69 Å². The first-order valence-corrected chi connectivity index (χ1v) is 6.52. The maximum Gasteiger partial charge on any atom is 0.317 e. The summed E-state index contributed by atoms with van der Waals surface area (Å²) in [6, 6.07) is 5.92. The van der Waals surface area contributed by atoms with Crippen molar-refractivity contribution < 1.29 is 14.6 Å². The lowest BCUT2D eigenvalue weighted by Gasteiger charge is -2.25. The molecule has 0 aliphatic carbocycles. The van der Waals surface area contributed by atoms with Gasteiger partial charge in [0, 0.05) is 18.2 Å². The van der Waals surface area contributed by atoms with E-state index in [9.17, 15) is 4.79 Å². The Bertz CT molecular complexity index is 421. The molecular weight excluding hydrogens is 298 g/mol. The molecule has 0 aromatic heterocycles. The van der Waals surface area contributed by atoms with Gasteiger partial charge >= 0.3 is 5.97 Å². The standard InChI is InChI=1S/C13H18BrNO3/c1-9(2)15(8-12(16)17)7-10-5-4-6-11(14)13(10)18-3/h4-6,9H,7-8H2,1-3H3,(H,16,17). The summed E-state index contributed by atoms with van der Waals surface area (Å²) in [6.07, 6.45) is 0. The molecule has 0 heterocycles. The zero-order chi connectivity index (χ0) is 13.7. The Morgan fingerprint density at radius 2 is 2.17 bits per heavy atom. The summed E-state index contributed by atoms with van der Waals surface area (Å²) in [6.45, 7) is 4.53. The maximum absolute atomic E-state index is 10.8. The van der Waals surface area contributed by atoms with E-state index in [1.807, 2.05) is 36.9 Å². The monoisotopic (exact) mass is 315 g/mol. The molecule has 0 amide bonds. The van der Waals surface area contributed by atoms with Gasteiger partial charge in [0.05, 0.1) is 18.1 Å². The summed E-state index contributed by atoms with van der Waals surface area (Å²) < 4.78 is 6.22. The Kier molecular flexibility index (Phi) is 5.62. The average Bonchev–Trinajstić information content (AvgIpc) is 2.27. The van der Waals surface area contributed by atoms with Gasteiger partial charge in [-0.25, -0.2) is 0 Å². The number of hydrogen-bond donors (Lipinski definition) is 1. The van der Waals surface area contributed by atoms with Crippen LogP contribution in [0.4, 0.5) is 0 Å². The van der Waals surface area contributed by atoms with Crippen LogP contribution < -0.4 is 4.74 Å². The number of aliphatic carboxylic acids is 1. The molecule has 1 aromatic carbocycles. The van der Waals surface area contributed by atoms with Crippen LogP contribution in [0.1, 0.15) is 19.4 Å². The minimum absolute atomic E-state index is 0.0212. The van der Waals surface area contributed by atoms with E-state index in [4.69, 9.17) is 9.84 Å². The second-order valence-corrected chi connectivity index (χ2v) is 5.18. The fourth-order valence-electron chi connectivity index (χ4n) is 1.72. The smallest absolute Gasteiger partial charge is 0.317 e. The second-order valence-electron chi connectivity index (χ2n) is 4.32. The highest BCUT2D eigenvalue weighted by molar-refractivity contribution is 9.10. The van der Waals surface area contributed by atoms with Crippen molar-refractivity contribution in [3.05, 3.63) is 28.2 Å². The number of nitrogens with zero attached hydrogens (tertiary/aromatic N) is 1. The molecule has 1 aromatic rings. The zero-order valence-corrected chi connectivity index (χ0v) is 12.4. The number of hydrogen-bond acceptors (Lipinski definition) is 3. The molecule has 0 aliphatic rings. The summed E-state index contributed by atoms with van der Waals surface area (Å²) >= 11 is 3.43. The predicted octanol–water partition coefficient (Wildman–Crippen LogP) is 2.75. The third-order valence-corrected chi connectivity index (χ3v) is 3.32. The molecule has 1 rings (SSSR count). The van der Waals surface area contributed by atoms with Crippen LogP contribution in [0.5, 0.6) is 5.75 Å². The number of halogens is 1. The quantitative estimate of drug-likeness (QED) is 0.877. The lowest BCUT2D eigenvalue weighted by atomic mass is 10.1. The fourth-order valence-corrected chi connectivity index (χ4v) is 2.29. The first-order chi connectivity index (χ1) is 8.45. The Labute approximate surface area is 116 Å². The average molecular weight is 316 g/mol. The van der Waals surface area contributed by atoms with Gasteiger partial charge in [-0.1, -0.05) is 12.1 Å². The Morgan fingerprint density at radius 1 is 1.50 bits per heavy atom. The largest absolute Gasteiger partial charge is 0.495 e. The first-order valence-electron chi connectivity index (χ1n) is 5.73. The number of carbonyl (C=O) groups is 1. The van der Waals surface area contributed by atoms with Crippen molar-refractivity contribution in [2.75, 3.05) is 13.7 Å². The lowest BCUT2D eigenvalue weighted by Crippen LogP contribution is -2.35. The number of rotatable bonds is 6. The van der Waals surface area contributed by atoms with E-state index >= 15 is 0 Å². The number of benzene rings is 1. The zero-order valence-electron chi connectivity index (χ0n) is 10.8. The summed E-state index contributed by atoms with van der Waals surface area (Å²) in [7, 11) is 1.61. The van der Waals surface area contributed by atoms with Crippen molar-refractivity contribution >= 4 is 21.9 Å². The van der Waals surface area contributed by atoms with Crippen LogP contribution in [0.25, 0.3) is 0 Å². The highest BCUT2D eigenvalue weighted by Crippen LogP contribution is 2.29. The molecule has 0 spiro atoms. The number of carboxylic acid groups (broad SMARTS) is 1. The van der Waals surface area contributed by atoms with Crippen LogP contribution in [0, 0.1) is 0 Å². The van der Waals surface area contributed by atoms with Gasteiger partial charge in [0.1, 0.15) is 5.75 Å². The van der Waals surface area contributed by atoms with Gasteiger partial charge in [0.25, 0.3) is 0 Å². The van der Waals surface area contributed by atoms with Crippen molar-refractivity contribution in [2.24, 2.45) is 0 Å². The molecule has 100 valence electrons. The molecule has 0 saturated heterocycles. The number of para-hydroxylation sites is 1. The Hall–Kier alpha value is -1.07. The SMILES string of the molecule is COc1c(Br)cccc1CN(CC(=O)O)C(C)C. The predicted molar refractivity (Wildman–Crippen MR) is 73.9 cm³/mol. The summed E-state index contributed by atoms with van der Waals surface area (Å²) in [4.78, 5) is 12.7. The second kappa shape index (κ2) is 6.75. The van der Waals surface area contributed by atoms with Crippen LogP contribution in [-0.4, -0.2) is 35.7 Å². The summed E-state index contributed by atoms with van der Waals surface area (Å²) in [5, 5.41) is 8.91. The van der Waals surface area contributed by atoms with Gasteiger partial charge in [0.2, 0.25) is 0 Å². The van der Waals surface area contributed by atoms with Gasteiger partial charge in [-0.05, 0) is 35.8 Å². The molecule has 0 unspecified atom stereocenters. The van der Waals surface area contributed by atoms with Crippen molar-refractivity contribution in [3.8, 4) is 5.75 Å². The molecule has 0 fully saturated rings. The van der Waals surface area contributed by atoms with Gasteiger partial charge < -0.3 is 9.84 Å². The van der Waals surface area contributed by atoms with E-state index in [1.165, 1.54) is 0 Å². The van der Waals surface area contributed by atoms with Gasteiger partial charge in [0.15, 0.2) is 0 Å². The van der Waals surface area contributed by atoms with E-state index in [2.05, 4.69) is 15.9 Å². The molecule has 0 saturated carbocycles. The number of ether oxygens (including phenoxy) is 1. The molecule has 1 N–H and O–H groups in total. The molecular formula is C13H18BrNO3.